The van der Waals surface area contributed by atoms with Gasteiger partial charge in [0.15, 0.2) is 0 Å². The summed E-state index contributed by atoms with van der Waals surface area (Å²) in [6.45, 7) is 2.16. The SMILES string of the molecule is CCOC(=O)/C=c1\s/c(=C\c2ccc(SC)cc2)c(=O)n1CC(=O)NCc1cccs1. The highest BCUT2D eigenvalue weighted by atomic mass is 32.2. The molecule has 1 N–H and O–H groups in total. The number of amides is 1. The molecule has 0 saturated heterocycles. The molecule has 1 amide bonds. The minimum Gasteiger partial charge on any atom is -0.463 e. The summed E-state index contributed by atoms with van der Waals surface area (Å²) in [7, 11) is 0. The number of aromatic nitrogens is 1. The van der Waals surface area contributed by atoms with Gasteiger partial charge in [0.25, 0.3) is 5.56 Å². The molecule has 2 heterocycles. The van der Waals surface area contributed by atoms with Gasteiger partial charge in [0.05, 0.1) is 23.8 Å². The van der Waals surface area contributed by atoms with E-state index in [1.165, 1.54) is 10.6 Å². The Morgan fingerprint density at radius 3 is 2.65 bits per heavy atom. The van der Waals surface area contributed by atoms with Gasteiger partial charge in [0, 0.05) is 9.77 Å². The second-order valence-electron chi connectivity index (χ2n) is 6.37. The van der Waals surface area contributed by atoms with E-state index in [4.69, 9.17) is 4.74 Å². The van der Waals surface area contributed by atoms with Crippen LogP contribution in [0, 0.1) is 0 Å². The lowest BCUT2D eigenvalue weighted by molar-refractivity contribution is -0.135. The van der Waals surface area contributed by atoms with Crippen molar-refractivity contribution in [1.29, 1.82) is 0 Å². The monoisotopic (exact) mass is 474 g/mol. The fraction of sp³-hybridized carbons (Fsp3) is 0.227. The van der Waals surface area contributed by atoms with E-state index in [1.807, 2.05) is 48.0 Å². The van der Waals surface area contributed by atoms with Crippen LogP contribution in [0.25, 0.3) is 12.2 Å². The predicted octanol–water partition coefficient (Wildman–Crippen LogP) is 2.18. The van der Waals surface area contributed by atoms with Crippen molar-refractivity contribution in [2.45, 2.75) is 24.9 Å². The molecule has 0 spiro atoms. The summed E-state index contributed by atoms with van der Waals surface area (Å²) in [6, 6.07) is 11.7. The lowest BCUT2D eigenvalue weighted by Gasteiger charge is -2.04. The maximum absolute atomic E-state index is 13.0. The maximum Gasteiger partial charge on any atom is 0.333 e. The zero-order valence-electron chi connectivity index (χ0n) is 17.1. The number of rotatable bonds is 8. The number of benzene rings is 1. The van der Waals surface area contributed by atoms with Crippen LogP contribution in [-0.4, -0.2) is 29.3 Å². The molecule has 0 aliphatic carbocycles. The molecule has 162 valence electrons. The Morgan fingerprint density at radius 2 is 2.00 bits per heavy atom. The van der Waals surface area contributed by atoms with Gasteiger partial charge in [-0.15, -0.1) is 34.4 Å². The molecule has 0 bridgehead atoms. The van der Waals surface area contributed by atoms with E-state index in [-0.39, 0.29) is 24.6 Å². The van der Waals surface area contributed by atoms with E-state index >= 15 is 0 Å². The number of carbonyl (C=O) groups excluding carboxylic acids is 2. The van der Waals surface area contributed by atoms with E-state index in [1.54, 1.807) is 36.1 Å². The summed E-state index contributed by atoms with van der Waals surface area (Å²) < 4.78 is 7.11. The third kappa shape index (κ3) is 6.43. The van der Waals surface area contributed by atoms with Crippen molar-refractivity contribution in [3.63, 3.8) is 0 Å². The number of hydrogen-bond acceptors (Lipinski definition) is 7. The maximum atomic E-state index is 13.0. The molecule has 9 heteroatoms. The Hall–Kier alpha value is -2.62. The first-order chi connectivity index (χ1) is 15.0. The first-order valence-electron chi connectivity index (χ1n) is 9.53. The Morgan fingerprint density at radius 1 is 1.23 bits per heavy atom. The summed E-state index contributed by atoms with van der Waals surface area (Å²) in [4.78, 5) is 39.6. The van der Waals surface area contributed by atoms with Crippen LogP contribution in [0.4, 0.5) is 0 Å². The van der Waals surface area contributed by atoms with Crippen LogP contribution >= 0.6 is 34.4 Å². The average Bonchev–Trinajstić information content (AvgIpc) is 3.37. The highest BCUT2D eigenvalue weighted by Crippen LogP contribution is 2.15. The van der Waals surface area contributed by atoms with Crippen LogP contribution in [-0.2, 0) is 27.4 Å². The van der Waals surface area contributed by atoms with Crippen molar-refractivity contribution in [2.75, 3.05) is 12.9 Å². The molecule has 31 heavy (non-hydrogen) atoms. The van der Waals surface area contributed by atoms with Crippen LogP contribution in [0.3, 0.4) is 0 Å². The lowest BCUT2D eigenvalue weighted by Crippen LogP contribution is -2.38. The highest BCUT2D eigenvalue weighted by molar-refractivity contribution is 7.98. The van der Waals surface area contributed by atoms with Crippen LogP contribution < -0.4 is 20.1 Å². The van der Waals surface area contributed by atoms with Gasteiger partial charge in [-0.25, -0.2) is 4.79 Å². The van der Waals surface area contributed by atoms with Crippen molar-refractivity contribution in [3.05, 3.63) is 71.8 Å². The zero-order valence-corrected chi connectivity index (χ0v) is 19.6. The van der Waals surface area contributed by atoms with Crippen LogP contribution in [0.1, 0.15) is 17.4 Å². The molecule has 0 saturated carbocycles. The molecule has 0 radical (unpaired) electrons. The normalized spacial score (nSPS) is 12.2. The first-order valence-corrected chi connectivity index (χ1v) is 12.4. The second kappa shape index (κ2) is 11.1. The summed E-state index contributed by atoms with van der Waals surface area (Å²) >= 11 is 4.34. The number of ether oxygens (including phenoxy) is 1. The fourth-order valence-electron chi connectivity index (χ4n) is 2.73. The van der Waals surface area contributed by atoms with Crippen LogP contribution in [0.15, 0.2) is 51.5 Å². The number of thioether (sulfide) groups is 1. The van der Waals surface area contributed by atoms with Crippen molar-refractivity contribution in [3.8, 4) is 0 Å². The van der Waals surface area contributed by atoms with Crippen LogP contribution in [0.5, 0.6) is 0 Å². The molecule has 3 rings (SSSR count). The number of nitrogens with zero attached hydrogens (tertiary/aromatic N) is 1. The molecule has 2 aromatic heterocycles. The summed E-state index contributed by atoms with van der Waals surface area (Å²) in [5.74, 6) is -0.852. The Balaban J connectivity index is 1.93. The molecular weight excluding hydrogens is 452 g/mol. The second-order valence-corrected chi connectivity index (χ2v) is 9.34. The van der Waals surface area contributed by atoms with Gasteiger partial charge in [-0.1, -0.05) is 18.2 Å². The van der Waals surface area contributed by atoms with Crippen molar-refractivity contribution in [1.82, 2.24) is 9.88 Å². The van der Waals surface area contributed by atoms with E-state index in [9.17, 15) is 14.4 Å². The van der Waals surface area contributed by atoms with Crippen molar-refractivity contribution >= 4 is 58.5 Å². The number of carbonyl (C=O) groups is 2. The molecule has 6 nitrogen and oxygen atoms in total. The third-order valence-electron chi connectivity index (χ3n) is 4.22. The minimum atomic E-state index is -0.549. The van der Waals surface area contributed by atoms with Gasteiger partial charge in [-0.2, -0.15) is 0 Å². The van der Waals surface area contributed by atoms with Gasteiger partial charge < -0.3 is 10.1 Å². The average molecular weight is 475 g/mol. The molecule has 0 aliphatic rings. The van der Waals surface area contributed by atoms with Gasteiger partial charge in [-0.3, -0.25) is 14.2 Å². The fourth-order valence-corrected chi connectivity index (χ4v) is 4.81. The number of nitrogens with one attached hydrogen (secondary N) is 1. The predicted molar refractivity (Wildman–Crippen MR) is 127 cm³/mol. The van der Waals surface area contributed by atoms with Crippen LogP contribution in [0.2, 0.25) is 0 Å². The first kappa shape index (κ1) is 23.1. The van der Waals surface area contributed by atoms with E-state index in [2.05, 4.69) is 5.32 Å². The molecule has 1 aromatic carbocycles. The zero-order chi connectivity index (χ0) is 22.2. The molecule has 0 aliphatic heterocycles. The van der Waals surface area contributed by atoms with Gasteiger partial charge in [0.2, 0.25) is 5.91 Å². The molecule has 0 atom stereocenters. The van der Waals surface area contributed by atoms with Crippen molar-refractivity contribution in [2.24, 2.45) is 0 Å². The van der Waals surface area contributed by atoms with Crippen molar-refractivity contribution < 1.29 is 14.3 Å². The highest BCUT2D eigenvalue weighted by Gasteiger charge is 2.11. The minimum absolute atomic E-state index is 0.175. The molecule has 3 aromatic rings. The topological polar surface area (TPSA) is 77.4 Å². The Labute approximate surface area is 191 Å². The number of hydrogen-bond donors (Lipinski definition) is 1. The largest absolute Gasteiger partial charge is 0.463 e. The number of thiophene rings is 1. The smallest absolute Gasteiger partial charge is 0.333 e. The summed E-state index contributed by atoms with van der Waals surface area (Å²) in [6.07, 6.45) is 5.02. The Bertz CT molecular complexity index is 1210. The van der Waals surface area contributed by atoms with E-state index < -0.39 is 5.97 Å². The lowest BCUT2D eigenvalue weighted by atomic mass is 10.2. The quantitative estimate of drug-likeness (QED) is 0.400. The van der Waals surface area contributed by atoms with Gasteiger partial charge in [-0.05, 0) is 48.4 Å². The summed E-state index contributed by atoms with van der Waals surface area (Å²) in [5.41, 5.74) is 0.550. The van der Waals surface area contributed by atoms with E-state index in [0.717, 1.165) is 26.7 Å². The Kier molecular flexibility index (Phi) is 8.27. The molecule has 0 unspecified atom stereocenters. The summed E-state index contributed by atoms with van der Waals surface area (Å²) in [5, 5.41) is 4.75. The molecular formula is C22H22N2O4S3. The van der Waals surface area contributed by atoms with E-state index in [0.29, 0.717) is 15.7 Å². The standard InChI is InChI=1S/C22H22N2O4S3/c1-3-28-21(26)12-20-24(14-19(25)23-13-17-5-4-10-30-17)22(27)18(31-20)11-15-6-8-16(29-2)9-7-15/h4-12H,3,13-14H2,1-2H3,(H,23,25)/b18-11-,20-12-. The number of esters is 1. The van der Waals surface area contributed by atoms with Gasteiger partial charge in [0.1, 0.15) is 11.2 Å². The third-order valence-corrected chi connectivity index (χ3v) is 6.90. The number of thiazole rings is 1. The molecule has 0 fully saturated rings. The van der Waals surface area contributed by atoms with Gasteiger partial charge >= 0.3 is 5.97 Å².